The first kappa shape index (κ1) is 24.4. The van der Waals surface area contributed by atoms with Crippen molar-refractivity contribution < 1.29 is 14.2 Å². The van der Waals surface area contributed by atoms with Gasteiger partial charge in [-0.3, -0.25) is 0 Å². The molecule has 33 heavy (non-hydrogen) atoms. The highest BCUT2D eigenvalue weighted by Crippen LogP contribution is 2.36. The summed E-state index contributed by atoms with van der Waals surface area (Å²) in [6, 6.07) is 22.7. The number of hydrogen-bond acceptors (Lipinski definition) is 3. The maximum atomic E-state index is 6.16. The Kier molecular flexibility index (Phi) is 7.22. The Bertz CT molecular complexity index is 1080. The van der Waals surface area contributed by atoms with Gasteiger partial charge < -0.3 is 14.2 Å². The summed E-state index contributed by atoms with van der Waals surface area (Å²) in [5.41, 5.74) is 4.84. The van der Waals surface area contributed by atoms with Crippen LogP contribution in [0.3, 0.4) is 0 Å². The summed E-state index contributed by atoms with van der Waals surface area (Å²) in [7, 11) is 0. The lowest BCUT2D eigenvalue weighted by Gasteiger charge is -2.21. The molecule has 3 aromatic rings. The fraction of sp³-hybridized carbons (Fsp3) is 0.333. The summed E-state index contributed by atoms with van der Waals surface area (Å²) in [4.78, 5) is 0. The summed E-state index contributed by atoms with van der Waals surface area (Å²) in [5.74, 6) is 2.54. The van der Waals surface area contributed by atoms with Gasteiger partial charge in [-0.15, -0.1) is 0 Å². The first-order valence-corrected chi connectivity index (χ1v) is 11.4. The fourth-order valence-electron chi connectivity index (χ4n) is 3.39. The summed E-state index contributed by atoms with van der Waals surface area (Å²) in [5, 5.41) is 0. The standard InChI is InChI=1S/C30H36O3/c1-21(2)20-31-28-19-24(22-9-14-25(15-10-22)32-29(3,4)5)13-18-27(28)23-11-16-26(17-12-23)33-30(6,7)8/h9-19H,1,20H2,2-8H3. The van der Waals surface area contributed by atoms with E-state index in [-0.39, 0.29) is 11.2 Å². The number of hydrogen-bond donors (Lipinski definition) is 0. The van der Waals surface area contributed by atoms with Gasteiger partial charge in [0, 0.05) is 5.56 Å². The van der Waals surface area contributed by atoms with Crippen LogP contribution in [0.5, 0.6) is 17.2 Å². The molecular formula is C30H36O3. The molecule has 0 aliphatic rings. The van der Waals surface area contributed by atoms with E-state index in [1.807, 2.05) is 72.7 Å². The van der Waals surface area contributed by atoms with E-state index in [0.717, 1.165) is 45.1 Å². The van der Waals surface area contributed by atoms with E-state index in [2.05, 4.69) is 49.0 Å². The van der Waals surface area contributed by atoms with Crippen LogP contribution in [0, 0.1) is 0 Å². The second-order valence-electron chi connectivity index (χ2n) is 10.4. The minimum atomic E-state index is -0.230. The predicted molar refractivity (Wildman–Crippen MR) is 138 cm³/mol. The van der Waals surface area contributed by atoms with Crippen molar-refractivity contribution in [3.63, 3.8) is 0 Å². The van der Waals surface area contributed by atoms with Gasteiger partial charge in [-0.05, 0) is 101 Å². The molecule has 0 aliphatic heterocycles. The lowest BCUT2D eigenvalue weighted by atomic mass is 9.99. The van der Waals surface area contributed by atoms with Crippen molar-refractivity contribution in [1.82, 2.24) is 0 Å². The largest absolute Gasteiger partial charge is 0.489 e. The third-order valence-corrected chi connectivity index (χ3v) is 4.66. The highest BCUT2D eigenvalue weighted by Gasteiger charge is 2.14. The molecule has 174 valence electrons. The highest BCUT2D eigenvalue weighted by atomic mass is 16.5. The van der Waals surface area contributed by atoms with Crippen molar-refractivity contribution in [2.24, 2.45) is 0 Å². The van der Waals surface area contributed by atoms with Crippen molar-refractivity contribution in [3.05, 3.63) is 78.9 Å². The van der Waals surface area contributed by atoms with Gasteiger partial charge in [0.05, 0.1) is 0 Å². The molecule has 0 radical (unpaired) electrons. The number of benzene rings is 3. The van der Waals surface area contributed by atoms with Crippen LogP contribution < -0.4 is 14.2 Å². The van der Waals surface area contributed by atoms with Gasteiger partial charge >= 0.3 is 0 Å². The Morgan fingerprint density at radius 1 is 0.667 bits per heavy atom. The average molecular weight is 445 g/mol. The van der Waals surface area contributed by atoms with Crippen molar-refractivity contribution in [2.75, 3.05) is 6.61 Å². The van der Waals surface area contributed by atoms with E-state index in [0.29, 0.717) is 6.61 Å². The molecule has 0 aliphatic carbocycles. The fourth-order valence-corrected chi connectivity index (χ4v) is 3.39. The molecule has 0 amide bonds. The van der Waals surface area contributed by atoms with E-state index in [1.54, 1.807) is 0 Å². The van der Waals surface area contributed by atoms with E-state index in [4.69, 9.17) is 14.2 Å². The van der Waals surface area contributed by atoms with Gasteiger partial charge in [-0.25, -0.2) is 0 Å². The van der Waals surface area contributed by atoms with Crippen LogP contribution in [0.4, 0.5) is 0 Å². The normalized spacial score (nSPS) is 11.7. The van der Waals surface area contributed by atoms with Gasteiger partial charge in [-0.1, -0.05) is 43.0 Å². The molecule has 0 saturated carbocycles. The van der Waals surface area contributed by atoms with Crippen LogP contribution in [-0.2, 0) is 0 Å². The van der Waals surface area contributed by atoms with Gasteiger partial charge in [-0.2, -0.15) is 0 Å². The molecule has 0 fully saturated rings. The maximum absolute atomic E-state index is 6.16. The smallest absolute Gasteiger partial charge is 0.128 e. The Balaban J connectivity index is 1.91. The topological polar surface area (TPSA) is 27.7 Å². The lowest BCUT2D eigenvalue weighted by Crippen LogP contribution is -2.22. The monoisotopic (exact) mass is 444 g/mol. The van der Waals surface area contributed by atoms with Crippen LogP contribution in [0.2, 0.25) is 0 Å². The van der Waals surface area contributed by atoms with Crippen molar-refractivity contribution in [1.29, 1.82) is 0 Å². The molecule has 0 spiro atoms. The van der Waals surface area contributed by atoms with Crippen LogP contribution in [0.1, 0.15) is 48.5 Å². The summed E-state index contributed by atoms with van der Waals surface area (Å²) in [6.07, 6.45) is 0. The molecule has 0 aromatic heterocycles. The number of ether oxygens (including phenoxy) is 3. The van der Waals surface area contributed by atoms with E-state index in [9.17, 15) is 0 Å². The van der Waals surface area contributed by atoms with E-state index in [1.165, 1.54) is 0 Å². The third kappa shape index (κ3) is 7.42. The Labute approximate surface area is 199 Å². The Morgan fingerprint density at radius 2 is 1.12 bits per heavy atom. The summed E-state index contributed by atoms with van der Waals surface area (Å²) in [6.45, 7) is 18.7. The minimum Gasteiger partial charge on any atom is -0.489 e. The highest BCUT2D eigenvalue weighted by molar-refractivity contribution is 5.77. The second-order valence-corrected chi connectivity index (χ2v) is 10.4. The van der Waals surface area contributed by atoms with Crippen LogP contribution in [0.15, 0.2) is 78.9 Å². The van der Waals surface area contributed by atoms with E-state index < -0.39 is 0 Å². The van der Waals surface area contributed by atoms with Crippen molar-refractivity contribution in [3.8, 4) is 39.5 Å². The zero-order valence-corrected chi connectivity index (χ0v) is 21.0. The molecule has 3 heteroatoms. The molecule has 3 nitrogen and oxygen atoms in total. The van der Waals surface area contributed by atoms with Gasteiger partial charge in [0.25, 0.3) is 0 Å². The van der Waals surface area contributed by atoms with E-state index >= 15 is 0 Å². The molecule has 0 N–H and O–H groups in total. The summed E-state index contributed by atoms with van der Waals surface area (Å²) < 4.78 is 18.1. The van der Waals surface area contributed by atoms with Gasteiger partial charge in [0.15, 0.2) is 0 Å². The average Bonchev–Trinajstić information content (AvgIpc) is 2.71. The predicted octanol–water partition coefficient (Wildman–Crippen LogP) is 8.33. The second kappa shape index (κ2) is 9.74. The maximum Gasteiger partial charge on any atom is 0.128 e. The first-order chi connectivity index (χ1) is 15.4. The first-order valence-electron chi connectivity index (χ1n) is 11.4. The van der Waals surface area contributed by atoms with Crippen molar-refractivity contribution >= 4 is 0 Å². The molecule has 0 unspecified atom stereocenters. The van der Waals surface area contributed by atoms with Crippen LogP contribution >= 0.6 is 0 Å². The van der Waals surface area contributed by atoms with Gasteiger partial charge in [0.1, 0.15) is 35.1 Å². The minimum absolute atomic E-state index is 0.222. The zero-order chi connectivity index (χ0) is 24.2. The number of rotatable bonds is 7. The third-order valence-electron chi connectivity index (χ3n) is 4.66. The van der Waals surface area contributed by atoms with Gasteiger partial charge in [0.2, 0.25) is 0 Å². The molecule has 3 rings (SSSR count). The molecule has 0 heterocycles. The Morgan fingerprint density at radius 3 is 1.58 bits per heavy atom. The quantitative estimate of drug-likeness (QED) is 0.343. The molecular weight excluding hydrogens is 408 g/mol. The SMILES string of the molecule is C=C(C)COc1cc(-c2ccc(OC(C)(C)C)cc2)ccc1-c1ccc(OC(C)(C)C)cc1. The molecule has 3 aromatic carbocycles. The lowest BCUT2D eigenvalue weighted by molar-refractivity contribution is 0.130. The molecule has 0 bridgehead atoms. The van der Waals surface area contributed by atoms with Crippen LogP contribution in [-0.4, -0.2) is 17.8 Å². The Hall–Kier alpha value is -3.20. The zero-order valence-electron chi connectivity index (χ0n) is 21.0. The van der Waals surface area contributed by atoms with Crippen LogP contribution in [0.25, 0.3) is 22.3 Å². The summed E-state index contributed by atoms with van der Waals surface area (Å²) >= 11 is 0. The van der Waals surface area contributed by atoms with Crippen molar-refractivity contribution in [2.45, 2.75) is 59.7 Å². The molecule has 0 atom stereocenters. The molecule has 0 saturated heterocycles.